The molecule has 0 aliphatic rings. The minimum atomic E-state index is 0.435. The Morgan fingerprint density at radius 1 is 1.13 bits per heavy atom. The Labute approximate surface area is 92.1 Å². The molecule has 2 heteroatoms. The summed E-state index contributed by atoms with van der Waals surface area (Å²) in [6, 6.07) is 4.39. The molecular weight excluding hydrogens is 184 g/mol. The molecule has 0 N–H and O–H groups in total. The fourth-order valence-electron chi connectivity index (χ4n) is 1.95. The van der Waals surface area contributed by atoms with Crippen molar-refractivity contribution >= 4 is 5.69 Å². The standard InChI is InChI=1S/C13H18N2/c1-9-8-10(2)12(4)13(11(9)3)15(5)7-6-14/h8H,7H2,1-5H3. The first kappa shape index (κ1) is 11.6. The number of nitriles is 1. The number of hydrogen-bond donors (Lipinski definition) is 0. The summed E-state index contributed by atoms with van der Waals surface area (Å²) in [6.45, 7) is 8.90. The minimum Gasteiger partial charge on any atom is -0.361 e. The lowest BCUT2D eigenvalue weighted by atomic mass is 9.98. The van der Waals surface area contributed by atoms with Crippen LogP contribution in [0.15, 0.2) is 6.07 Å². The van der Waals surface area contributed by atoms with Crippen LogP contribution in [0.1, 0.15) is 22.3 Å². The summed E-state index contributed by atoms with van der Waals surface area (Å²) in [5, 5.41) is 8.73. The van der Waals surface area contributed by atoms with Gasteiger partial charge in [0.2, 0.25) is 0 Å². The molecule has 15 heavy (non-hydrogen) atoms. The first-order valence-corrected chi connectivity index (χ1v) is 5.14. The highest BCUT2D eigenvalue weighted by atomic mass is 15.1. The summed E-state index contributed by atoms with van der Waals surface area (Å²) in [4.78, 5) is 2.02. The number of anilines is 1. The SMILES string of the molecule is Cc1cc(C)c(C)c(N(C)CC#N)c1C. The molecule has 1 aromatic carbocycles. The van der Waals surface area contributed by atoms with Gasteiger partial charge in [0, 0.05) is 12.7 Å². The van der Waals surface area contributed by atoms with Gasteiger partial charge >= 0.3 is 0 Å². The van der Waals surface area contributed by atoms with Crippen molar-refractivity contribution in [3.63, 3.8) is 0 Å². The zero-order valence-electron chi connectivity index (χ0n) is 10.2. The lowest BCUT2D eigenvalue weighted by molar-refractivity contribution is 1.01. The van der Waals surface area contributed by atoms with Crippen molar-refractivity contribution in [1.29, 1.82) is 5.26 Å². The van der Waals surface area contributed by atoms with Gasteiger partial charge in [-0.15, -0.1) is 0 Å². The third-order valence-corrected chi connectivity index (χ3v) is 3.02. The molecule has 2 nitrogen and oxygen atoms in total. The summed E-state index contributed by atoms with van der Waals surface area (Å²) in [5.41, 5.74) is 6.33. The average molecular weight is 202 g/mol. The van der Waals surface area contributed by atoms with Crippen LogP contribution in [-0.2, 0) is 0 Å². The first-order valence-electron chi connectivity index (χ1n) is 5.14. The lowest BCUT2D eigenvalue weighted by Crippen LogP contribution is -2.20. The monoisotopic (exact) mass is 202 g/mol. The van der Waals surface area contributed by atoms with Crippen molar-refractivity contribution in [1.82, 2.24) is 0 Å². The molecule has 0 bridgehead atoms. The van der Waals surface area contributed by atoms with Crippen LogP contribution in [0, 0.1) is 39.0 Å². The molecule has 0 saturated carbocycles. The Bertz CT molecular complexity index is 387. The van der Waals surface area contributed by atoms with E-state index in [0.717, 1.165) is 0 Å². The molecule has 0 aliphatic heterocycles. The van der Waals surface area contributed by atoms with E-state index in [-0.39, 0.29) is 0 Å². The van der Waals surface area contributed by atoms with Gasteiger partial charge in [0.05, 0.1) is 6.07 Å². The summed E-state index contributed by atoms with van der Waals surface area (Å²) in [6.07, 6.45) is 0. The van der Waals surface area contributed by atoms with E-state index in [1.807, 2.05) is 11.9 Å². The average Bonchev–Trinajstić information content (AvgIpc) is 2.16. The minimum absolute atomic E-state index is 0.435. The maximum absolute atomic E-state index is 8.73. The second kappa shape index (κ2) is 4.35. The molecule has 1 rings (SSSR count). The highest BCUT2D eigenvalue weighted by Gasteiger charge is 2.11. The molecule has 0 unspecified atom stereocenters. The van der Waals surface area contributed by atoms with Gasteiger partial charge in [-0.3, -0.25) is 0 Å². The van der Waals surface area contributed by atoms with E-state index in [0.29, 0.717) is 6.54 Å². The van der Waals surface area contributed by atoms with Gasteiger partial charge in [-0.05, 0) is 49.9 Å². The van der Waals surface area contributed by atoms with Gasteiger partial charge in [0.25, 0.3) is 0 Å². The molecule has 80 valence electrons. The Morgan fingerprint density at radius 3 is 2.00 bits per heavy atom. The molecule has 0 aromatic heterocycles. The van der Waals surface area contributed by atoms with Crippen molar-refractivity contribution < 1.29 is 0 Å². The van der Waals surface area contributed by atoms with Crippen molar-refractivity contribution in [3.05, 3.63) is 28.3 Å². The third kappa shape index (κ3) is 2.12. The number of aryl methyl sites for hydroxylation is 2. The molecule has 0 radical (unpaired) electrons. The molecular formula is C13H18N2. The van der Waals surface area contributed by atoms with Gasteiger partial charge in [-0.1, -0.05) is 6.07 Å². The molecule has 1 aromatic rings. The normalized spacial score (nSPS) is 9.87. The Kier molecular flexibility index (Phi) is 3.36. The second-order valence-corrected chi connectivity index (χ2v) is 4.12. The highest BCUT2D eigenvalue weighted by molar-refractivity contribution is 5.63. The first-order chi connectivity index (χ1) is 6.99. The number of hydrogen-bond acceptors (Lipinski definition) is 2. The zero-order valence-corrected chi connectivity index (χ0v) is 10.2. The van der Waals surface area contributed by atoms with E-state index in [4.69, 9.17) is 5.26 Å². The Hall–Kier alpha value is -1.49. The van der Waals surface area contributed by atoms with E-state index in [2.05, 4.69) is 39.8 Å². The Morgan fingerprint density at radius 2 is 1.60 bits per heavy atom. The van der Waals surface area contributed by atoms with Crippen LogP contribution >= 0.6 is 0 Å². The van der Waals surface area contributed by atoms with Gasteiger partial charge < -0.3 is 4.90 Å². The van der Waals surface area contributed by atoms with Crippen LogP contribution in [0.2, 0.25) is 0 Å². The topological polar surface area (TPSA) is 27.0 Å². The van der Waals surface area contributed by atoms with Crippen molar-refractivity contribution in [2.24, 2.45) is 0 Å². The van der Waals surface area contributed by atoms with Crippen LogP contribution < -0.4 is 4.90 Å². The zero-order chi connectivity index (χ0) is 11.6. The molecule has 0 atom stereocenters. The van der Waals surface area contributed by atoms with Gasteiger partial charge in [-0.25, -0.2) is 0 Å². The highest BCUT2D eigenvalue weighted by Crippen LogP contribution is 2.28. The van der Waals surface area contributed by atoms with Gasteiger partial charge in [-0.2, -0.15) is 5.26 Å². The lowest BCUT2D eigenvalue weighted by Gasteiger charge is -2.23. The van der Waals surface area contributed by atoms with Gasteiger partial charge in [0.15, 0.2) is 0 Å². The summed E-state index contributed by atoms with van der Waals surface area (Å²) in [5.74, 6) is 0. The summed E-state index contributed by atoms with van der Waals surface area (Å²) >= 11 is 0. The second-order valence-electron chi connectivity index (χ2n) is 4.12. The maximum Gasteiger partial charge on any atom is 0.105 e. The quantitative estimate of drug-likeness (QED) is 0.689. The molecule has 0 spiro atoms. The largest absolute Gasteiger partial charge is 0.361 e. The van der Waals surface area contributed by atoms with Crippen LogP contribution in [0.25, 0.3) is 0 Å². The van der Waals surface area contributed by atoms with E-state index in [1.165, 1.54) is 27.9 Å². The van der Waals surface area contributed by atoms with Crippen molar-refractivity contribution in [2.75, 3.05) is 18.5 Å². The third-order valence-electron chi connectivity index (χ3n) is 3.02. The van der Waals surface area contributed by atoms with Crippen LogP contribution in [0.5, 0.6) is 0 Å². The van der Waals surface area contributed by atoms with Crippen LogP contribution in [0.3, 0.4) is 0 Å². The van der Waals surface area contributed by atoms with Gasteiger partial charge in [0.1, 0.15) is 6.54 Å². The van der Waals surface area contributed by atoms with Crippen LogP contribution in [-0.4, -0.2) is 13.6 Å². The smallest absolute Gasteiger partial charge is 0.105 e. The Balaban J connectivity index is 3.33. The predicted molar refractivity (Wildman–Crippen MR) is 64.3 cm³/mol. The molecule has 0 fully saturated rings. The number of nitrogens with zero attached hydrogens (tertiary/aromatic N) is 2. The summed E-state index contributed by atoms with van der Waals surface area (Å²) in [7, 11) is 1.97. The van der Waals surface area contributed by atoms with E-state index >= 15 is 0 Å². The van der Waals surface area contributed by atoms with E-state index < -0.39 is 0 Å². The van der Waals surface area contributed by atoms with Crippen LogP contribution in [0.4, 0.5) is 5.69 Å². The molecule has 0 heterocycles. The summed E-state index contributed by atoms with van der Waals surface area (Å²) < 4.78 is 0. The number of rotatable bonds is 2. The predicted octanol–water partition coefficient (Wildman–Crippen LogP) is 2.88. The number of benzene rings is 1. The molecule has 0 saturated heterocycles. The van der Waals surface area contributed by atoms with Crippen molar-refractivity contribution in [3.8, 4) is 6.07 Å². The van der Waals surface area contributed by atoms with Crippen molar-refractivity contribution in [2.45, 2.75) is 27.7 Å². The van der Waals surface area contributed by atoms with E-state index in [9.17, 15) is 0 Å². The molecule has 0 aliphatic carbocycles. The maximum atomic E-state index is 8.73. The fourth-order valence-corrected chi connectivity index (χ4v) is 1.95. The molecule has 0 amide bonds. The fraction of sp³-hybridized carbons (Fsp3) is 0.462. The van der Waals surface area contributed by atoms with E-state index in [1.54, 1.807) is 0 Å².